The van der Waals surface area contributed by atoms with E-state index >= 15 is 0 Å². The molecule has 0 fully saturated rings. The Balaban J connectivity index is 4.89. The van der Waals surface area contributed by atoms with Gasteiger partial charge in [-0.2, -0.15) is 0 Å². The number of carbonyl (C=O) groups excluding carboxylic acids is 2. The highest BCUT2D eigenvalue weighted by atomic mass is 16.5. The Labute approximate surface area is 335 Å². The zero-order valence-corrected chi connectivity index (χ0v) is 31.9. The Kier molecular flexibility index (Phi) is 27.5. The van der Waals surface area contributed by atoms with E-state index in [2.05, 4.69) is 21.7 Å². The van der Waals surface area contributed by atoms with E-state index in [1.165, 1.54) is 14.7 Å². The minimum atomic E-state index is -1.32. The molecule has 0 saturated heterocycles. The van der Waals surface area contributed by atoms with Gasteiger partial charge in [0.05, 0.1) is 65.4 Å². The molecule has 0 spiro atoms. The molecule has 0 radical (unpaired) electrons. The molecule has 0 aromatic rings. The number of nitrogens with zero attached hydrogens (tertiary/aromatic N) is 6. The quantitative estimate of drug-likeness (QED) is 0.0156. The molecule has 29 heteroatoms. The van der Waals surface area contributed by atoms with Crippen LogP contribution in [0.4, 0.5) is 0 Å². The van der Waals surface area contributed by atoms with Crippen LogP contribution >= 0.6 is 0 Å². The summed E-state index contributed by atoms with van der Waals surface area (Å²) in [5.41, 5.74) is 9.12. The van der Waals surface area contributed by atoms with Crippen molar-refractivity contribution in [2.45, 2.75) is 0 Å². The number of hydrazine groups is 2. The highest BCUT2D eigenvalue weighted by molar-refractivity contribution is 5.80. The van der Waals surface area contributed by atoms with E-state index < -0.39 is 125 Å². The van der Waals surface area contributed by atoms with Gasteiger partial charge in [-0.25, -0.2) is 10.9 Å². The van der Waals surface area contributed by atoms with E-state index in [0.717, 1.165) is 14.7 Å². The second-order valence-corrected chi connectivity index (χ2v) is 12.5. The van der Waals surface area contributed by atoms with Crippen molar-refractivity contribution < 1.29 is 93.5 Å². The van der Waals surface area contributed by atoms with Gasteiger partial charge in [0.1, 0.15) is 13.5 Å². The lowest BCUT2D eigenvalue weighted by atomic mass is 10.3. The average Bonchev–Trinajstić information content (AvgIpc) is 3.08. The van der Waals surface area contributed by atoms with Crippen LogP contribution < -0.4 is 21.7 Å². The summed E-state index contributed by atoms with van der Waals surface area (Å²) in [6.07, 6.45) is 0. The monoisotopic (exact) mass is 856 g/mol. The maximum atomic E-state index is 12.5. The number of ether oxygens (including phenoxy) is 1. The first kappa shape index (κ1) is 53.3. The molecular weight excluding hydrogens is 804 g/mol. The number of amides is 2. The van der Waals surface area contributed by atoms with Crippen LogP contribution in [0.1, 0.15) is 0 Å². The highest BCUT2D eigenvalue weighted by Gasteiger charge is 2.21. The SMILES string of the molecule is O=C(O)CN(CCN(COCNNC(=O)CNNC(=O)CN(CCN(CCN(CC(=O)O)CC(=O)O)CC(=O)O)CC(=O)O)CC(=O)O)CCN(CC(=O)O)CC(=O)O. The zero-order chi connectivity index (χ0) is 44.9. The van der Waals surface area contributed by atoms with Crippen molar-refractivity contribution in [3.05, 3.63) is 0 Å². The van der Waals surface area contributed by atoms with E-state index in [1.54, 1.807) is 0 Å². The molecule has 0 bridgehead atoms. The summed E-state index contributed by atoms with van der Waals surface area (Å²) in [5.74, 6) is -11.8. The fraction of sp³-hybridized carbons (Fsp3) is 0.667. The summed E-state index contributed by atoms with van der Waals surface area (Å²) in [6.45, 7) is -7.12. The maximum Gasteiger partial charge on any atom is 0.317 e. The Hall–Kier alpha value is -5.66. The van der Waals surface area contributed by atoms with Crippen molar-refractivity contribution in [1.29, 1.82) is 0 Å². The lowest BCUT2D eigenvalue weighted by Crippen LogP contribution is -2.51. The third kappa shape index (κ3) is 32.0. The molecule has 0 aromatic carbocycles. The molecule has 0 aliphatic rings. The van der Waals surface area contributed by atoms with Crippen LogP contribution in [0, 0.1) is 0 Å². The van der Waals surface area contributed by atoms with Crippen molar-refractivity contribution in [3.63, 3.8) is 0 Å². The molecule has 336 valence electrons. The van der Waals surface area contributed by atoms with Gasteiger partial charge in [-0.1, -0.05) is 0 Å². The number of aliphatic carboxylic acids is 8. The minimum absolute atomic E-state index is 0.0269. The summed E-state index contributed by atoms with van der Waals surface area (Å²) < 4.78 is 5.32. The van der Waals surface area contributed by atoms with Crippen LogP contribution in [-0.4, -0.2) is 261 Å². The van der Waals surface area contributed by atoms with Gasteiger partial charge in [0.25, 0.3) is 0 Å². The Morgan fingerprint density at radius 3 is 0.966 bits per heavy atom. The summed E-state index contributed by atoms with van der Waals surface area (Å²) in [7, 11) is 0. The maximum absolute atomic E-state index is 12.5. The third-order valence-electron chi connectivity index (χ3n) is 7.32. The van der Waals surface area contributed by atoms with Crippen LogP contribution in [0.25, 0.3) is 0 Å². The standard InChI is InChI=1S/C30H52N10O19/c41-21(33-32-19-59-20-40(18-30(57)58)8-4-36(12-24(45)46)3-7-39(16-28(53)54)17-29(55)56)9-31-34-22(42)10-37(13-25(47)48)5-1-35(11-23(43)44)2-6-38(14-26(49)50)15-27(51)52/h31-32H,1-20H2,(H,33,41)(H,34,42)(H,43,44)(H,45,46)(H,47,48)(H,49,50)(H,51,52)(H,53,54)(H,55,56)(H,57,58). The van der Waals surface area contributed by atoms with Crippen LogP contribution in [-0.2, 0) is 52.7 Å². The predicted octanol–water partition coefficient (Wildman–Crippen LogP) is -7.35. The molecular formula is C30H52N10O19. The molecule has 0 unspecified atom stereocenters. The lowest BCUT2D eigenvalue weighted by molar-refractivity contribution is -0.144. The van der Waals surface area contributed by atoms with Crippen molar-refractivity contribution in [3.8, 4) is 0 Å². The van der Waals surface area contributed by atoms with Gasteiger partial charge in [-0.15, -0.1) is 0 Å². The van der Waals surface area contributed by atoms with Crippen LogP contribution in [0.5, 0.6) is 0 Å². The normalized spacial score (nSPS) is 11.4. The van der Waals surface area contributed by atoms with Gasteiger partial charge >= 0.3 is 47.8 Å². The first-order valence-electron chi connectivity index (χ1n) is 17.3. The van der Waals surface area contributed by atoms with Crippen LogP contribution in [0.15, 0.2) is 0 Å². The van der Waals surface area contributed by atoms with E-state index in [-0.39, 0.29) is 65.8 Å². The largest absolute Gasteiger partial charge is 0.480 e. The number of carboxylic acid groups (broad SMARTS) is 8. The molecule has 29 nitrogen and oxygen atoms in total. The average molecular weight is 857 g/mol. The molecule has 0 heterocycles. The first-order chi connectivity index (χ1) is 27.6. The Morgan fingerprint density at radius 2 is 0.610 bits per heavy atom. The molecule has 0 aliphatic heterocycles. The number of carboxylic acids is 8. The van der Waals surface area contributed by atoms with E-state index in [1.807, 2.05) is 0 Å². The molecule has 12 N–H and O–H groups in total. The molecule has 0 aromatic heterocycles. The summed E-state index contributed by atoms with van der Waals surface area (Å²) in [6, 6.07) is 0. The zero-order valence-electron chi connectivity index (χ0n) is 31.9. The number of nitrogens with one attached hydrogen (secondary N) is 4. The second-order valence-electron chi connectivity index (χ2n) is 12.5. The predicted molar refractivity (Wildman–Crippen MR) is 193 cm³/mol. The van der Waals surface area contributed by atoms with Gasteiger partial charge in [-0.05, 0) is 0 Å². The third-order valence-corrected chi connectivity index (χ3v) is 7.32. The molecule has 0 saturated carbocycles. The second kappa shape index (κ2) is 30.4. The summed E-state index contributed by atoms with van der Waals surface area (Å²) in [4.78, 5) is 122. The first-order valence-corrected chi connectivity index (χ1v) is 17.3. The molecule has 0 rings (SSSR count). The van der Waals surface area contributed by atoms with Gasteiger partial charge in [-0.3, -0.25) is 88.2 Å². The van der Waals surface area contributed by atoms with Crippen molar-refractivity contribution in [1.82, 2.24) is 51.1 Å². The van der Waals surface area contributed by atoms with Crippen molar-refractivity contribution in [2.75, 3.05) is 131 Å². The topological polar surface area (TPSA) is 409 Å². The van der Waals surface area contributed by atoms with Crippen molar-refractivity contribution in [2.24, 2.45) is 0 Å². The highest BCUT2D eigenvalue weighted by Crippen LogP contribution is 1.99. The minimum Gasteiger partial charge on any atom is -0.480 e. The summed E-state index contributed by atoms with van der Waals surface area (Å²) >= 11 is 0. The molecule has 0 atom stereocenters. The Bertz CT molecular complexity index is 1390. The van der Waals surface area contributed by atoms with E-state index in [9.17, 15) is 68.4 Å². The van der Waals surface area contributed by atoms with Crippen LogP contribution in [0.3, 0.4) is 0 Å². The molecule has 0 aliphatic carbocycles. The van der Waals surface area contributed by atoms with Gasteiger partial charge in [0.2, 0.25) is 11.8 Å². The lowest BCUT2D eigenvalue weighted by Gasteiger charge is -2.27. The van der Waals surface area contributed by atoms with Crippen molar-refractivity contribution >= 4 is 59.6 Å². The summed E-state index contributed by atoms with van der Waals surface area (Å²) in [5, 5.41) is 73.1. The van der Waals surface area contributed by atoms with E-state index in [4.69, 9.17) is 25.2 Å². The number of hydrogen-bond donors (Lipinski definition) is 12. The smallest absolute Gasteiger partial charge is 0.317 e. The number of hydrogen-bond acceptors (Lipinski definition) is 19. The fourth-order valence-electron chi connectivity index (χ4n) is 4.90. The van der Waals surface area contributed by atoms with Crippen LogP contribution in [0.2, 0.25) is 0 Å². The van der Waals surface area contributed by atoms with Gasteiger partial charge in [0.15, 0.2) is 0 Å². The molecule has 59 heavy (non-hydrogen) atoms. The van der Waals surface area contributed by atoms with E-state index in [0.29, 0.717) is 0 Å². The van der Waals surface area contributed by atoms with Gasteiger partial charge in [0, 0.05) is 52.4 Å². The number of carbonyl (C=O) groups is 10. The Morgan fingerprint density at radius 1 is 0.339 bits per heavy atom. The fourth-order valence-corrected chi connectivity index (χ4v) is 4.90. The van der Waals surface area contributed by atoms with Gasteiger partial charge < -0.3 is 45.6 Å². The number of rotatable bonds is 38. The molecule has 2 amide bonds.